The van der Waals surface area contributed by atoms with E-state index in [0.29, 0.717) is 0 Å². The average Bonchev–Trinajstić information content (AvgIpc) is 2.44. The quantitative estimate of drug-likeness (QED) is 0.786. The molecule has 1 aromatic rings. The van der Waals surface area contributed by atoms with Gasteiger partial charge in [0.15, 0.2) is 0 Å². The SMILES string of the molecule is COc1cccc(C(C(C)N)N2CC(=O)NC(=O)C2C)c1. The van der Waals surface area contributed by atoms with Crippen LogP contribution in [0.2, 0.25) is 0 Å². The highest BCUT2D eigenvalue weighted by Crippen LogP contribution is 2.29. The Labute approximate surface area is 124 Å². The summed E-state index contributed by atoms with van der Waals surface area (Å²) in [6, 6.07) is 6.66. The van der Waals surface area contributed by atoms with E-state index < -0.39 is 6.04 Å². The van der Waals surface area contributed by atoms with Crippen molar-refractivity contribution in [2.45, 2.75) is 32.0 Å². The van der Waals surface area contributed by atoms with E-state index in [9.17, 15) is 9.59 Å². The second-order valence-corrected chi connectivity index (χ2v) is 5.34. The predicted octanol–water partition coefficient (Wildman–Crippen LogP) is 0.430. The van der Waals surface area contributed by atoms with E-state index in [4.69, 9.17) is 10.5 Å². The van der Waals surface area contributed by atoms with Crippen molar-refractivity contribution in [3.63, 3.8) is 0 Å². The molecule has 3 unspecified atom stereocenters. The summed E-state index contributed by atoms with van der Waals surface area (Å²) in [6.07, 6.45) is 0. The lowest BCUT2D eigenvalue weighted by atomic mass is 9.96. The molecule has 1 aliphatic heterocycles. The molecular formula is C15H21N3O3. The predicted molar refractivity (Wildman–Crippen MR) is 78.7 cm³/mol. The summed E-state index contributed by atoms with van der Waals surface area (Å²) in [5.74, 6) is 0.130. The Morgan fingerprint density at radius 1 is 1.43 bits per heavy atom. The number of carbonyl (C=O) groups excluding carboxylic acids is 2. The number of imide groups is 1. The van der Waals surface area contributed by atoms with Crippen LogP contribution in [0.15, 0.2) is 24.3 Å². The number of methoxy groups -OCH3 is 1. The normalized spacial score (nSPS) is 22.6. The molecule has 1 heterocycles. The van der Waals surface area contributed by atoms with Crippen molar-refractivity contribution >= 4 is 11.8 Å². The van der Waals surface area contributed by atoms with Crippen molar-refractivity contribution in [3.8, 4) is 5.75 Å². The van der Waals surface area contributed by atoms with Gasteiger partial charge in [-0.15, -0.1) is 0 Å². The molecule has 1 fully saturated rings. The molecule has 0 radical (unpaired) electrons. The van der Waals surface area contributed by atoms with Crippen LogP contribution in [-0.2, 0) is 9.59 Å². The lowest BCUT2D eigenvalue weighted by Gasteiger charge is -2.40. The minimum atomic E-state index is -0.412. The average molecular weight is 291 g/mol. The maximum absolute atomic E-state index is 11.9. The van der Waals surface area contributed by atoms with Crippen LogP contribution in [0.5, 0.6) is 5.75 Å². The lowest BCUT2D eigenvalue weighted by Crippen LogP contribution is -2.59. The van der Waals surface area contributed by atoms with Gasteiger partial charge in [0.25, 0.3) is 0 Å². The maximum Gasteiger partial charge on any atom is 0.243 e. The van der Waals surface area contributed by atoms with Gasteiger partial charge in [0.05, 0.1) is 25.7 Å². The number of nitrogens with zero attached hydrogens (tertiary/aromatic N) is 1. The van der Waals surface area contributed by atoms with Gasteiger partial charge in [-0.05, 0) is 31.5 Å². The Morgan fingerprint density at radius 3 is 2.76 bits per heavy atom. The smallest absolute Gasteiger partial charge is 0.243 e. The number of amides is 2. The Hall–Kier alpha value is -1.92. The first kappa shape index (κ1) is 15.5. The van der Waals surface area contributed by atoms with Gasteiger partial charge < -0.3 is 10.5 Å². The molecule has 0 aromatic heterocycles. The van der Waals surface area contributed by atoms with E-state index in [1.54, 1.807) is 14.0 Å². The van der Waals surface area contributed by atoms with Gasteiger partial charge >= 0.3 is 0 Å². The summed E-state index contributed by atoms with van der Waals surface area (Å²) < 4.78 is 5.24. The first-order valence-corrected chi connectivity index (χ1v) is 6.93. The summed E-state index contributed by atoms with van der Waals surface area (Å²) in [7, 11) is 1.60. The molecule has 0 bridgehead atoms. The number of hydrogen-bond donors (Lipinski definition) is 2. The Balaban J connectivity index is 2.37. The number of ether oxygens (including phenoxy) is 1. The lowest BCUT2D eigenvalue weighted by molar-refractivity contribution is -0.141. The van der Waals surface area contributed by atoms with Crippen LogP contribution in [-0.4, -0.2) is 42.5 Å². The van der Waals surface area contributed by atoms with Crippen molar-refractivity contribution in [1.29, 1.82) is 0 Å². The van der Waals surface area contributed by atoms with E-state index in [1.807, 2.05) is 36.1 Å². The highest BCUT2D eigenvalue weighted by molar-refractivity contribution is 6.00. The molecule has 0 aliphatic carbocycles. The number of carbonyl (C=O) groups is 2. The Morgan fingerprint density at radius 2 is 2.14 bits per heavy atom. The molecule has 6 nitrogen and oxygen atoms in total. The topological polar surface area (TPSA) is 84.7 Å². The van der Waals surface area contributed by atoms with Crippen molar-refractivity contribution in [2.24, 2.45) is 5.73 Å². The summed E-state index contributed by atoms with van der Waals surface area (Å²) in [4.78, 5) is 25.4. The molecule has 0 saturated carbocycles. The molecule has 1 saturated heterocycles. The molecule has 114 valence electrons. The molecule has 0 spiro atoms. The third-order valence-electron chi connectivity index (χ3n) is 3.76. The zero-order chi connectivity index (χ0) is 15.6. The van der Waals surface area contributed by atoms with Gasteiger partial charge in [0.1, 0.15) is 5.75 Å². The third kappa shape index (κ3) is 3.22. The van der Waals surface area contributed by atoms with Gasteiger partial charge in [-0.3, -0.25) is 19.8 Å². The second kappa shape index (κ2) is 6.24. The zero-order valence-corrected chi connectivity index (χ0v) is 12.5. The van der Waals surface area contributed by atoms with Crippen LogP contribution in [0.3, 0.4) is 0 Å². The standard InChI is InChI=1S/C15H21N3O3/c1-9(16)14(11-5-4-6-12(7-11)21-3)18-8-13(19)17-15(20)10(18)2/h4-7,9-10,14H,8,16H2,1-3H3,(H,17,19,20). The molecule has 1 aromatic carbocycles. The molecule has 2 amide bonds. The van der Waals surface area contributed by atoms with E-state index >= 15 is 0 Å². The fourth-order valence-corrected chi connectivity index (χ4v) is 2.70. The van der Waals surface area contributed by atoms with Gasteiger partial charge in [-0.1, -0.05) is 12.1 Å². The minimum Gasteiger partial charge on any atom is -0.497 e. The van der Waals surface area contributed by atoms with Gasteiger partial charge in [0, 0.05) is 6.04 Å². The largest absolute Gasteiger partial charge is 0.497 e. The van der Waals surface area contributed by atoms with Gasteiger partial charge in [-0.2, -0.15) is 0 Å². The monoisotopic (exact) mass is 291 g/mol. The fourth-order valence-electron chi connectivity index (χ4n) is 2.70. The molecule has 3 atom stereocenters. The van der Waals surface area contributed by atoms with Crippen LogP contribution >= 0.6 is 0 Å². The molecule has 1 aliphatic rings. The molecule has 3 N–H and O–H groups in total. The number of hydrogen-bond acceptors (Lipinski definition) is 5. The van der Waals surface area contributed by atoms with E-state index in [0.717, 1.165) is 11.3 Å². The second-order valence-electron chi connectivity index (χ2n) is 5.34. The Kier molecular flexibility index (Phi) is 4.59. The summed E-state index contributed by atoms with van der Waals surface area (Å²) >= 11 is 0. The van der Waals surface area contributed by atoms with Crippen LogP contribution < -0.4 is 15.8 Å². The molecule has 6 heteroatoms. The van der Waals surface area contributed by atoms with Gasteiger partial charge in [-0.25, -0.2) is 0 Å². The summed E-state index contributed by atoms with van der Waals surface area (Å²) in [6.45, 7) is 3.79. The van der Waals surface area contributed by atoms with Crippen molar-refractivity contribution < 1.29 is 14.3 Å². The summed E-state index contributed by atoms with van der Waals surface area (Å²) in [5, 5.41) is 2.34. The van der Waals surface area contributed by atoms with Crippen LogP contribution in [0.1, 0.15) is 25.5 Å². The van der Waals surface area contributed by atoms with Crippen LogP contribution in [0, 0.1) is 0 Å². The van der Waals surface area contributed by atoms with E-state index in [2.05, 4.69) is 5.32 Å². The first-order valence-electron chi connectivity index (χ1n) is 6.93. The highest BCUT2D eigenvalue weighted by Gasteiger charge is 2.37. The number of benzene rings is 1. The number of rotatable bonds is 4. The van der Waals surface area contributed by atoms with Crippen LogP contribution in [0.25, 0.3) is 0 Å². The van der Waals surface area contributed by atoms with E-state index in [-0.39, 0.29) is 30.4 Å². The van der Waals surface area contributed by atoms with Crippen molar-refractivity contribution in [2.75, 3.05) is 13.7 Å². The molecule has 2 rings (SSSR count). The maximum atomic E-state index is 11.9. The number of nitrogens with two attached hydrogens (primary N) is 1. The minimum absolute atomic E-state index is 0.149. The summed E-state index contributed by atoms with van der Waals surface area (Å²) in [5.41, 5.74) is 7.05. The highest BCUT2D eigenvalue weighted by atomic mass is 16.5. The third-order valence-corrected chi connectivity index (χ3v) is 3.76. The van der Waals surface area contributed by atoms with E-state index in [1.165, 1.54) is 0 Å². The molecule has 21 heavy (non-hydrogen) atoms. The van der Waals surface area contributed by atoms with Crippen LogP contribution in [0.4, 0.5) is 0 Å². The fraction of sp³-hybridized carbons (Fsp3) is 0.467. The van der Waals surface area contributed by atoms with Crippen molar-refractivity contribution in [3.05, 3.63) is 29.8 Å². The zero-order valence-electron chi connectivity index (χ0n) is 12.5. The number of piperazine rings is 1. The Bertz CT molecular complexity index is 545. The molecular weight excluding hydrogens is 270 g/mol. The first-order chi connectivity index (χ1) is 9.93. The van der Waals surface area contributed by atoms with Gasteiger partial charge in [0.2, 0.25) is 11.8 Å². The van der Waals surface area contributed by atoms with Crippen molar-refractivity contribution in [1.82, 2.24) is 10.2 Å². The number of nitrogens with one attached hydrogen (secondary N) is 1.